The molecule has 0 heterocycles. The molecule has 0 aromatic heterocycles. The molecule has 0 unspecified atom stereocenters. The van der Waals surface area contributed by atoms with E-state index in [2.05, 4.69) is 10.2 Å². The Balaban J connectivity index is 2.29. The molecular formula is C14H11ClN2O2. The third-order valence-corrected chi connectivity index (χ3v) is 2.81. The predicted molar refractivity (Wildman–Crippen MR) is 73.9 cm³/mol. The van der Waals surface area contributed by atoms with Crippen LogP contribution in [0.3, 0.4) is 0 Å². The van der Waals surface area contributed by atoms with Crippen LogP contribution in [-0.2, 0) is 0 Å². The molecule has 1 N–H and O–H groups in total. The number of nitrogens with zero attached hydrogens (tertiary/aromatic N) is 2. The lowest BCUT2D eigenvalue weighted by Crippen LogP contribution is -1.79. The summed E-state index contributed by atoms with van der Waals surface area (Å²) in [4.78, 5) is 10.7. The number of azo groups is 1. The summed E-state index contributed by atoms with van der Waals surface area (Å²) in [6.07, 6.45) is 0.571. The van der Waals surface area contributed by atoms with Crippen LogP contribution in [-0.4, -0.2) is 11.4 Å². The average Bonchev–Trinajstić information content (AvgIpc) is 2.39. The zero-order chi connectivity index (χ0) is 13.8. The maximum Gasteiger partial charge on any atom is 0.153 e. The van der Waals surface area contributed by atoms with E-state index in [1.54, 1.807) is 24.3 Å². The fourth-order valence-corrected chi connectivity index (χ4v) is 1.77. The van der Waals surface area contributed by atoms with E-state index in [1.807, 2.05) is 6.92 Å². The van der Waals surface area contributed by atoms with Crippen LogP contribution in [0.15, 0.2) is 46.6 Å². The van der Waals surface area contributed by atoms with Crippen LogP contribution in [0, 0.1) is 6.92 Å². The molecule has 0 bridgehead atoms. The molecule has 5 heteroatoms. The Bertz CT molecular complexity index is 654. The minimum absolute atomic E-state index is 0.0726. The van der Waals surface area contributed by atoms with Crippen LogP contribution >= 0.6 is 11.6 Å². The van der Waals surface area contributed by atoms with E-state index in [1.165, 1.54) is 12.1 Å². The Morgan fingerprint density at radius 1 is 1.16 bits per heavy atom. The second-order valence-corrected chi connectivity index (χ2v) is 4.43. The van der Waals surface area contributed by atoms with Gasteiger partial charge in [-0.1, -0.05) is 11.6 Å². The molecule has 0 saturated carbocycles. The number of hydrogen-bond acceptors (Lipinski definition) is 4. The number of carbonyl (C=O) groups is 1. The van der Waals surface area contributed by atoms with Crippen molar-refractivity contribution in [1.82, 2.24) is 0 Å². The highest BCUT2D eigenvalue weighted by atomic mass is 35.5. The van der Waals surface area contributed by atoms with Crippen LogP contribution in [0.25, 0.3) is 0 Å². The molecule has 19 heavy (non-hydrogen) atoms. The van der Waals surface area contributed by atoms with Crippen molar-refractivity contribution in [2.45, 2.75) is 6.92 Å². The van der Waals surface area contributed by atoms with Gasteiger partial charge in [-0.05, 0) is 48.9 Å². The smallest absolute Gasteiger partial charge is 0.153 e. The van der Waals surface area contributed by atoms with Crippen molar-refractivity contribution < 1.29 is 9.90 Å². The molecule has 0 aliphatic rings. The molecule has 0 aliphatic heterocycles. The summed E-state index contributed by atoms with van der Waals surface area (Å²) in [6.45, 7) is 1.88. The van der Waals surface area contributed by atoms with E-state index in [9.17, 15) is 9.90 Å². The van der Waals surface area contributed by atoms with Gasteiger partial charge in [-0.2, -0.15) is 10.2 Å². The molecule has 2 aromatic carbocycles. The number of phenols is 1. The molecule has 4 nitrogen and oxygen atoms in total. The SMILES string of the molecule is Cc1cc(Cl)ccc1N=Nc1ccc(O)c(C=O)c1. The van der Waals surface area contributed by atoms with E-state index >= 15 is 0 Å². The summed E-state index contributed by atoms with van der Waals surface area (Å²) in [6, 6.07) is 9.75. The van der Waals surface area contributed by atoms with Crippen LogP contribution in [0.4, 0.5) is 11.4 Å². The molecule has 2 rings (SSSR count). The molecule has 0 radical (unpaired) electrons. The number of benzene rings is 2. The van der Waals surface area contributed by atoms with E-state index in [0.29, 0.717) is 22.7 Å². The lowest BCUT2D eigenvalue weighted by Gasteiger charge is -2.00. The van der Waals surface area contributed by atoms with Crippen molar-refractivity contribution in [2.75, 3.05) is 0 Å². The summed E-state index contributed by atoms with van der Waals surface area (Å²) in [5.41, 5.74) is 2.29. The quantitative estimate of drug-likeness (QED) is 0.657. The monoisotopic (exact) mass is 274 g/mol. The molecule has 2 aromatic rings. The van der Waals surface area contributed by atoms with Gasteiger partial charge in [-0.25, -0.2) is 0 Å². The molecule has 0 saturated heterocycles. The van der Waals surface area contributed by atoms with E-state index in [4.69, 9.17) is 11.6 Å². The number of aryl methyl sites for hydroxylation is 1. The standard InChI is InChI=1S/C14H11ClN2O2/c1-9-6-11(15)2-4-13(9)17-16-12-3-5-14(19)10(7-12)8-18/h2-8,19H,1H3. The fourth-order valence-electron chi connectivity index (χ4n) is 1.54. The van der Waals surface area contributed by atoms with Gasteiger partial charge in [0.05, 0.1) is 16.9 Å². The van der Waals surface area contributed by atoms with Crippen molar-refractivity contribution in [3.8, 4) is 5.75 Å². The zero-order valence-electron chi connectivity index (χ0n) is 10.2. The average molecular weight is 275 g/mol. The Kier molecular flexibility index (Phi) is 3.92. The molecule has 96 valence electrons. The molecule has 0 amide bonds. The van der Waals surface area contributed by atoms with Crippen molar-refractivity contribution >= 4 is 29.3 Å². The van der Waals surface area contributed by atoms with Crippen LogP contribution in [0.2, 0.25) is 5.02 Å². The minimum atomic E-state index is -0.0726. The Morgan fingerprint density at radius 2 is 1.95 bits per heavy atom. The molecule has 0 aliphatic carbocycles. The first-order chi connectivity index (χ1) is 9.10. The highest BCUT2D eigenvalue weighted by Gasteiger charge is 2.01. The highest BCUT2D eigenvalue weighted by Crippen LogP contribution is 2.26. The summed E-state index contributed by atoms with van der Waals surface area (Å²) in [7, 11) is 0. The van der Waals surface area contributed by atoms with Crippen LogP contribution < -0.4 is 0 Å². The van der Waals surface area contributed by atoms with Gasteiger partial charge in [0, 0.05) is 5.02 Å². The van der Waals surface area contributed by atoms with Crippen molar-refractivity contribution in [3.63, 3.8) is 0 Å². The summed E-state index contributed by atoms with van der Waals surface area (Å²) in [5.74, 6) is -0.0726. The summed E-state index contributed by atoms with van der Waals surface area (Å²) in [5, 5.41) is 18.1. The maximum atomic E-state index is 10.7. The van der Waals surface area contributed by atoms with Gasteiger partial charge in [-0.15, -0.1) is 0 Å². The maximum absolute atomic E-state index is 10.7. The second kappa shape index (κ2) is 5.63. The Labute approximate surface area is 115 Å². The number of rotatable bonds is 3. The fraction of sp³-hybridized carbons (Fsp3) is 0.0714. The third kappa shape index (κ3) is 3.17. The number of hydrogen-bond donors (Lipinski definition) is 1. The number of aromatic hydroxyl groups is 1. The minimum Gasteiger partial charge on any atom is -0.507 e. The van der Waals surface area contributed by atoms with Crippen molar-refractivity contribution in [1.29, 1.82) is 0 Å². The van der Waals surface area contributed by atoms with E-state index in [-0.39, 0.29) is 11.3 Å². The molecule has 0 atom stereocenters. The molecular weight excluding hydrogens is 264 g/mol. The predicted octanol–water partition coefficient (Wildman–Crippen LogP) is 4.58. The van der Waals surface area contributed by atoms with Gasteiger partial charge in [0.2, 0.25) is 0 Å². The molecule has 0 spiro atoms. The highest BCUT2D eigenvalue weighted by molar-refractivity contribution is 6.30. The van der Waals surface area contributed by atoms with Gasteiger partial charge >= 0.3 is 0 Å². The Hall–Kier alpha value is -2.20. The van der Waals surface area contributed by atoms with Crippen molar-refractivity contribution in [2.24, 2.45) is 10.2 Å². The van der Waals surface area contributed by atoms with E-state index < -0.39 is 0 Å². The lowest BCUT2D eigenvalue weighted by molar-refractivity contribution is 0.112. The number of aldehydes is 1. The van der Waals surface area contributed by atoms with Gasteiger partial charge < -0.3 is 5.11 Å². The first-order valence-electron chi connectivity index (χ1n) is 5.56. The third-order valence-electron chi connectivity index (χ3n) is 2.57. The van der Waals surface area contributed by atoms with Crippen LogP contribution in [0.1, 0.15) is 15.9 Å². The largest absolute Gasteiger partial charge is 0.507 e. The van der Waals surface area contributed by atoms with Crippen molar-refractivity contribution in [3.05, 3.63) is 52.5 Å². The molecule has 0 fully saturated rings. The lowest BCUT2D eigenvalue weighted by atomic mass is 10.2. The van der Waals surface area contributed by atoms with Crippen LogP contribution in [0.5, 0.6) is 5.75 Å². The number of halogens is 1. The normalized spacial score (nSPS) is 10.8. The van der Waals surface area contributed by atoms with Gasteiger partial charge in [-0.3, -0.25) is 4.79 Å². The van der Waals surface area contributed by atoms with Gasteiger partial charge in [0.25, 0.3) is 0 Å². The first-order valence-corrected chi connectivity index (χ1v) is 5.94. The van der Waals surface area contributed by atoms with Gasteiger partial charge in [0.1, 0.15) is 5.75 Å². The topological polar surface area (TPSA) is 62.0 Å². The van der Waals surface area contributed by atoms with E-state index in [0.717, 1.165) is 5.56 Å². The number of phenolic OH excluding ortho intramolecular Hbond substituents is 1. The van der Waals surface area contributed by atoms with Gasteiger partial charge in [0.15, 0.2) is 6.29 Å². The summed E-state index contributed by atoms with van der Waals surface area (Å²) < 4.78 is 0. The first kappa shape index (κ1) is 13.2. The number of carbonyl (C=O) groups excluding carboxylic acids is 1. The second-order valence-electron chi connectivity index (χ2n) is 3.99. The Morgan fingerprint density at radius 3 is 2.63 bits per heavy atom. The zero-order valence-corrected chi connectivity index (χ0v) is 10.9. The summed E-state index contributed by atoms with van der Waals surface area (Å²) >= 11 is 5.85.